The molecule has 62 valence electrons. The lowest BCUT2D eigenvalue weighted by Crippen LogP contribution is -2.01. The third-order valence-electron chi connectivity index (χ3n) is 1.07. The van der Waals surface area contributed by atoms with Crippen LogP contribution < -0.4 is 5.73 Å². The summed E-state index contributed by atoms with van der Waals surface area (Å²) in [6, 6.07) is 4.48. The van der Waals surface area contributed by atoms with Crippen molar-refractivity contribution in [3.05, 3.63) is 30.1 Å². The Bertz CT molecular complexity index is 324. The van der Waals surface area contributed by atoms with Crippen LogP contribution in [0.2, 0.25) is 0 Å². The maximum absolute atomic E-state index is 12.5. The van der Waals surface area contributed by atoms with Crippen molar-refractivity contribution in [3.63, 3.8) is 0 Å². The van der Waals surface area contributed by atoms with Gasteiger partial charge < -0.3 is 5.73 Å². The summed E-state index contributed by atoms with van der Waals surface area (Å²) in [5, 5.41) is 6.41. The molecule has 0 aliphatic heterocycles. The highest BCUT2D eigenvalue weighted by molar-refractivity contribution is 5.72. The number of carbonyl (C=O) groups excluding carboxylic acids is 1. The van der Waals surface area contributed by atoms with Crippen molar-refractivity contribution in [2.75, 3.05) is 0 Å². The van der Waals surface area contributed by atoms with E-state index in [2.05, 4.69) is 16.0 Å². The molecule has 0 aromatic heterocycles. The molecule has 1 rings (SSSR count). The van der Waals surface area contributed by atoms with Gasteiger partial charge in [-0.15, -0.1) is 5.11 Å². The second-order valence-corrected chi connectivity index (χ2v) is 2.02. The summed E-state index contributed by atoms with van der Waals surface area (Å²) in [6.07, 6.45) is 0. The third kappa shape index (κ3) is 2.45. The summed E-state index contributed by atoms with van der Waals surface area (Å²) in [7, 11) is 0. The van der Waals surface area contributed by atoms with Gasteiger partial charge in [-0.1, -0.05) is 11.2 Å². The first-order valence-electron chi connectivity index (χ1n) is 3.15. The number of rotatable bonds is 1. The summed E-state index contributed by atoms with van der Waals surface area (Å²) < 4.78 is 12.5. The van der Waals surface area contributed by atoms with Crippen molar-refractivity contribution in [1.29, 1.82) is 0 Å². The van der Waals surface area contributed by atoms with Crippen LogP contribution in [0.3, 0.4) is 0 Å². The van der Waals surface area contributed by atoms with Gasteiger partial charge >= 0.3 is 6.03 Å². The Hall–Kier alpha value is -1.78. The number of benzene rings is 1. The van der Waals surface area contributed by atoms with Gasteiger partial charge in [0.15, 0.2) is 0 Å². The molecule has 0 atom stereocenters. The van der Waals surface area contributed by atoms with Crippen LogP contribution in [0.15, 0.2) is 34.5 Å². The Balaban J connectivity index is 2.83. The van der Waals surface area contributed by atoms with E-state index in [0.29, 0.717) is 0 Å². The van der Waals surface area contributed by atoms with Crippen LogP contribution in [0.1, 0.15) is 0 Å². The maximum atomic E-state index is 12.5. The zero-order chi connectivity index (χ0) is 8.97. The number of hydrogen-bond acceptors (Lipinski definition) is 2. The first-order chi connectivity index (χ1) is 5.68. The van der Waals surface area contributed by atoms with Gasteiger partial charge in [0.25, 0.3) is 0 Å². The summed E-state index contributed by atoms with van der Waals surface area (Å²) in [6.45, 7) is 0. The molecule has 5 heteroatoms. The normalized spacial score (nSPS) is 10.4. The summed E-state index contributed by atoms with van der Waals surface area (Å²) in [4.78, 5) is 10.1. The minimum atomic E-state index is -0.903. The average Bonchev–Trinajstić information content (AvgIpc) is 2.01. The molecule has 0 unspecified atom stereocenters. The molecule has 4 nitrogen and oxygen atoms in total. The molecular weight excluding hydrogens is 161 g/mol. The zero-order valence-electron chi connectivity index (χ0n) is 6.07. The topological polar surface area (TPSA) is 67.8 Å². The SMILES string of the molecule is NC(=O)N=Nc1cccc(F)c1. The Morgan fingerprint density at radius 1 is 1.50 bits per heavy atom. The van der Waals surface area contributed by atoms with Crippen LogP contribution in [0, 0.1) is 5.82 Å². The summed E-state index contributed by atoms with van der Waals surface area (Å²) in [5.74, 6) is -0.434. The third-order valence-corrected chi connectivity index (χ3v) is 1.07. The molecule has 0 spiro atoms. The molecule has 0 heterocycles. The number of hydrogen-bond donors (Lipinski definition) is 1. The lowest BCUT2D eigenvalue weighted by atomic mass is 10.3. The van der Waals surface area contributed by atoms with E-state index in [-0.39, 0.29) is 5.69 Å². The number of nitrogens with two attached hydrogens (primary N) is 1. The average molecular weight is 167 g/mol. The number of amides is 2. The fourth-order valence-corrected chi connectivity index (χ4v) is 0.645. The quantitative estimate of drug-likeness (QED) is 0.638. The first-order valence-corrected chi connectivity index (χ1v) is 3.15. The van der Waals surface area contributed by atoms with E-state index in [0.717, 1.165) is 6.07 Å². The highest BCUT2D eigenvalue weighted by Gasteiger charge is 1.92. The summed E-state index contributed by atoms with van der Waals surface area (Å²) in [5.41, 5.74) is 4.94. The van der Waals surface area contributed by atoms with Crippen LogP contribution in [0.25, 0.3) is 0 Å². The predicted molar refractivity (Wildman–Crippen MR) is 40.5 cm³/mol. The van der Waals surface area contributed by atoms with E-state index in [1.807, 2.05) is 0 Å². The van der Waals surface area contributed by atoms with Gasteiger partial charge in [0.1, 0.15) is 5.82 Å². The van der Waals surface area contributed by atoms with Gasteiger partial charge in [-0.3, -0.25) is 0 Å². The molecule has 0 radical (unpaired) electrons. The van der Waals surface area contributed by atoms with Crippen LogP contribution >= 0.6 is 0 Å². The molecule has 12 heavy (non-hydrogen) atoms. The van der Waals surface area contributed by atoms with Crippen molar-refractivity contribution in [1.82, 2.24) is 0 Å². The molecule has 2 N–H and O–H groups in total. The van der Waals surface area contributed by atoms with Crippen LogP contribution in [-0.4, -0.2) is 6.03 Å². The van der Waals surface area contributed by atoms with Gasteiger partial charge in [0.05, 0.1) is 5.69 Å². The Kier molecular flexibility index (Phi) is 2.47. The van der Waals surface area contributed by atoms with E-state index in [9.17, 15) is 9.18 Å². The molecule has 1 aromatic carbocycles. The van der Waals surface area contributed by atoms with Crippen molar-refractivity contribution >= 4 is 11.7 Å². The zero-order valence-corrected chi connectivity index (χ0v) is 6.07. The van der Waals surface area contributed by atoms with E-state index >= 15 is 0 Å². The molecule has 0 fully saturated rings. The van der Waals surface area contributed by atoms with Gasteiger partial charge in [-0.05, 0) is 12.1 Å². The molecule has 0 saturated carbocycles. The molecule has 0 aliphatic carbocycles. The Morgan fingerprint density at radius 2 is 2.25 bits per heavy atom. The second-order valence-electron chi connectivity index (χ2n) is 2.02. The molecule has 1 aromatic rings. The number of nitrogens with zero attached hydrogens (tertiary/aromatic N) is 2. The fourth-order valence-electron chi connectivity index (χ4n) is 0.645. The van der Waals surface area contributed by atoms with Gasteiger partial charge in [0, 0.05) is 6.07 Å². The van der Waals surface area contributed by atoms with Crippen molar-refractivity contribution in [2.45, 2.75) is 0 Å². The van der Waals surface area contributed by atoms with E-state index < -0.39 is 11.8 Å². The summed E-state index contributed by atoms with van der Waals surface area (Å²) >= 11 is 0. The minimum absolute atomic E-state index is 0.258. The largest absolute Gasteiger partial charge is 0.356 e. The monoisotopic (exact) mass is 167 g/mol. The number of carbonyl (C=O) groups is 1. The van der Waals surface area contributed by atoms with Gasteiger partial charge in [0.2, 0.25) is 0 Å². The lowest BCUT2D eigenvalue weighted by molar-refractivity contribution is 0.255. The highest BCUT2D eigenvalue weighted by Crippen LogP contribution is 2.12. The van der Waals surface area contributed by atoms with Crippen LogP contribution in [0.5, 0.6) is 0 Å². The van der Waals surface area contributed by atoms with E-state index in [1.165, 1.54) is 18.2 Å². The van der Waals surface area contributed by atoms with E-state index in [1.54, 1.807) is 0 Å². The maximum Gasteiger partial charge on any atom is 0.356 e. The number of halogens is 1. The van der Waals surface area contributed by atoms with Crippen molar-refractivity contribution in [3.8, 4) is 0 Å². The predicted octanol–water partition coefficient (Wildman–Crippen LogP) is 1.99. The van der Waals surface area contributed by atoms with Crippen molar-refractivity contribution < 1.29 is 9.18 Å². The molecular formula is C7H6FN3O. The Morgan fingerprint density at radius 3 is 2.83 bits per heavy atom. The van der Waals surface area contributed by atoms with Crippen LogP contribution in [-0.2, 0) is 0 Å². The molecule has 0 bridgehead atoms. The van der Waals surface area contributed by atoms with E-state index in [4.69, 9.17) is 0 Å². The van der Waals surface area contributed by atoms with Crippen molar-refractivity contribution in [2.24, 2.45) is 16.0 Å². The van der Waals surface area contributed by atoms with Gasteiger partial charge in [-0.2, -0.15) is 0 Å². The molecule has 0 saturated heterocycles. The van der Waals surface area contributed by atoms with Gasteiger partial charge in [-0.25, -0.2) is 9.18 Å². The standard InChI is InChI=1S/C7H6FN3O/c8-5-2-1-3-6(4-5)10-11-7(9)12/h1-4H,(H2,9,12). The molecule has 2 amide bonds. The highest BCUT2D eigenvalue weighted by atomic mass is 19.1. The Labute approximate surface area is 67.9 Å². The second kappa shape index (κ2) is 3.56. The smallest absolute Gasteiger partial charge is 0.348 e. The number of urea groups is 1. The minimum Gasteiger partial charge on any atom is -0.348 e. The number of primary amides is 1. The fraction of sp³-hybridized carbons (Fsp3) is 0. The van der Waals surface area contributed by atoms with Crippen LogP contribution in [0.4, 0.5) is 14.9 Å². The first kappa shape index (κ1) is 8.32. The lowest BCUT2D eigenvalue weighted by Gasteiger charge is -1.89. The number of azo groups is 1. The molecule has 0 aliphatic rings.